The van der Waals surface area contributed by atoms with E-state index in [1.807, 2.05) is 0 Å². The monoisotopic (exact) mass is 457 g/mol. The third-order valence-corrected chi connectivity index (χ3v) is 5.84. The summed E-state index contributed by atoms with van der Waals surface area (Å²) in [4.78, 5) is 40.9. The number of nitrogens with one attached hydrogen (secondary N) is 1. The minimum absolute atomic E-state index is 0.00339. The van der Waals surface area contributed by atoms with Crippen LogP contribution in [0.5, 0.6) is 0 Å². The highest BCUT2D eigenvalue weighted by atomic mass is 19.3. The van der Waals surface area contributed by atoms with Crippen LogP contribution in [0.2, 0.25) is 0 Å². The van der Waals surface area contributed by atoms with Gasteiger partial charge in [0.05, 0.1) is 18.6 Å². The number of carboxylic acids is 1. The van der Waals surface area contributed by atoms with Gasteiger partial charge in [0.1, 0.15) is 17.3 Å². The molecule has 2 atom stereocenters. The van der Waals surface area contributed by atoms with Crippen molar-refractivity contribution in [3.63, 3.8) is 0 Å². The molecule has 0 unspecified atom stereocenters. The average molecular weight is 457 g/mol. The molecule has 1 aromatic heterocycles. The Labute approximate surface area is 181 Å². The summed E-state index contributed by atoms with van der Waals surface area (Å²) in [6.07, 6.45) is -3.47. The van der Waals surface area contributed by atoms with E-state index in [9.17, 15) is 28.3 Å². The Kier molecular flexibility index (Phi) is 5.07. The maximum atomic E-state index is 13.6. The number of aromatic nitrogens is 1. The summed E-state index contributed by atoms with van der Waals surface area (Å²) >= 11 is 0. The third kappa shape index (κ3) is 4.08. The van der Waals surface area contributed by atoms with Crippen LogP contribution in [0.25, 0.3) is 0 Å². The highest BCUT2D eigenvalue weighted by molar-refractivity contribution is 5.78. The number of ether oxygens (including phenoxy) is 1. The lowest BCUT2D eigenvalue weighted by atomic mass is 9.84. The number of carbonyl (C=O) groups excluding carboxylic acids is 3. The molecule has 0 radical (unpaired) electrons. The highest BCUT2D eigenvalue weighted by Gasteiger charge is 2.65. The van der Waals surface area contributed by atoms with Crippen LogP contribution >= 0.6 is 0 Å². The largest absolute Gasteiger partial charge is 0.542 e. The van der Waals surface area contributed by atoms with Gasteiger partial charge < -0.3 is 29.4 Å². The van der Waals surface area contributed by atoms with Crippen molar-refractivity contribution in [2.75, 3.05) is 6.54 Å². The molecule has 3 aliphatic rings. The molecule has 3 amide bonds. The van der Waals surface area contributed by atoms with E-state index in [1.54, 1.807) is 26.8 Å². The Morgan fingerprint density at radius 2 is 2.06 bits per heavy atom. The minimum atomic E-state index is -4.63. The van der Waals surface area contributed by atoms with Crippen LogP contribution in [0.15, 0.2) is 10.6 Å². The smallest absolute Gasteiger partial charge is 0.417 e. The normalized spacial score (nSPS) is 24.1. The van der Waals surface area contributed by atoms with E-state index in [4.69, 9.17) is 9.26 Å². The number of piperidine rings is 1. The zero-order chi connectivity index (χ0) is 23.5. The second-order valence-electron chi connectivity index (χ2n) is 9.33. The zero-order valence-electron chi connectivity index (χ0n) is 17.7. The number of nitrogens with zero attached hydrogens (tertiary/aromatic N) is 3. The van der Waals surface area contributed by atoms with E-state index >= 15 is 0 Å². The number of carboxylic acid groups (broad SMARTS) is 1. The van der Waals surface area contributed by atoms with Crippen molar-refractivity contribution < 1.29 is 42.4 Å². The SMILES string of the molecule is CC(C)(C)OC(=O)NCc1cc([C@@H]2CC3(CC3)[C@@H]3CN2C(=O)N3OC(F)(F)C(=O)[O-])no1. The Balaban J connectivity index is 1.47. The number of carbonyl (C=O) groups is 3. The van der Waals surface area contributed by atoms with Crippen molar-refractivity contribution in [3.8, 4) is 0 Å². The number of alkyl halides is 2. The molecule has 1 spiro atoms. The van der Waals surface area contributed by atoms with Crippen molar-refractivity contribution in [1.82, 2.24) is 20.4 Å². The van der Waals surface area contributed by atoms with Gasteiger partial charge >= 0.3 is 18.2 Å². The number of hydrogen-bond donors (Lipinski definition) is 1. The first kappa shape index (κ1) is 22.2. The topological polar surface area (TPSA) is 137 Å². The van der Waals surface area contributed by atoms with Crippen molar-refractivity contribution in [3.05, 3.63) is 17.5 Å². The van der Waals surface area contributed by atoms with Gasteiger partial charge in [0.2, 0.25) is 0 Å². The quantitative estimate of drug-likeness (QED) is 0.675. The van der Waals surface area contributed by atoms with Gasteiger partial charge in [-0.3, -0.25) is 0 Å². The average Bonchev–Trinajstić information content (AvgIpc) is 3.17. The minimum Gasteiger partial charge on any atom is -0.542 e. The summed E-state index contributed by atoms with van der Waals surface area (Å²) in [5.41, 5.74) is -0.730. The van der Waals surface area contributed by atoms with Gasteiger partial charge in [-0.15, -0.1) is 0 Å². The standard InChI is InChI=1S/C19H24F2N4O7/c1-17(2,3)30-15(28)22-8-10-6-11(23-31-10)12-7-18(4-5-18)13-9-24(12)16(29)25(13)32-19(20,21)14(26)27/h6,12-13H,4-5,7-9H2,1-3H3,(H,22,28)(H,26,27)/p-1/t12-,13-/m0/s1. The van der Waals surface area contributed by atoms with Crippen LogP contribution in [0.1, 0.15) is 57.5 Å². The van der Waals surface area contributed by atoms with E-state index < -0.39 is 47.3 Å². The van der Waals surface area contributed by atoms with Crippen molar-refractivity contribution in [2.45, 2.75) is 70.4 Å². The lowest BCUT2D eigenvalue weighted by Gasteiger charge is -2.36. The van der Waals surface area contributed by atoms with E-state index in [2.05, 4.69) is 15.3 Å². The summed E-state index contributed by atoms with van der Waals surface area (Å²) in [6.45, 7) is 5.28. The lowest BCUT2D eigenvalue weighted by molar-refractivity contribution is -0.395. The van der Waals surface area contributed by atoms with Crippen LogP contribution in [0, 0.1) is 5.41 Å². The molecule has 32 heavy (non-hydrogen) atoms. The zero-order valence-corrected chi connectivity index (χ0v) is 17.7. The molecule has 11 nitrogen and oxygen atoms in total. The number of fused-ring (bicyclic) bond motifs is 3. The van der Waals surface area contributed by atoms with Gasteiger partial charge in [0, 0.05) is 12.6 Å². The predicted octanol–water partition coefficient (Wildman–Crippen LogP) is 1.30. The van der Waals surface area contributed by atoms with Crippen LogP contribution in [-0.4, -0.2) is 57.5 Å². The van der Waals surface area contributed by atoms with Crippen molar-refractivity contribution in [1.29, 1.82) is 0 Å². The van der Waals surface area contributed by atoms with E-state index in [1.165, 1.54) is 4.90 Å². The van der Waals surface area contributed by atoms with E-state index in [-0.39, 0.29) is 13.1 Å². The van der Waals surface area contributed by atoms with Crippen LogP contribution < -0.4 is 10.4 Å². The molecular formula is C19H23F2N4O7-. The maximum Gasteiger partial charge on any atom is 0.417 e. The van der Waals surface area contributed by atoms with Crippen LogP contribution in [-0.2, 0) is 20.9 Å². The predicted molar refractivity (Wildman–Crippen MR) is 97.4 cm³/mol. The van der Waals surface area contributed by atoms with Crippen LogP contribution in [0.3, 0.4) is 0 Å². The Bertz CT molecular complexity index is 940. The molecular weight excluding hydrogens is 434 g/mol. The van der Waals surface area contributed by atoms with Crippen LogP contribution in [0.4, 0.5) is 18.4 Å². The first-order valence-corrected chi connectivity index (χ1v) is 10.1. The fourth-order valence-electron chi connectivity index (χ4n) is 4.20. The molecule has 4 rings (SSSR count). The second kappa shape index (κ2) is 7.29. The molecule has 176 valence electrons. The van der Waals surface area contributed by atoms with Gasteiger partial charge in [-0.05, 0) is 45.4 Å². The molecule has 1 saturated carbocycles. The summed E-state index contributed by atoms with van der Waals surface area (Å²) < 4.78 is 37.6. The molecule has 2 aliphatic heterocycles. The molecule has 2 bridgehead atoms. The fraction of sp³-hybridized carbons (Fsp3) is 0.684. The first-order chi connectivity index (χ1) is 14.8. The van der Waals surface area contributed by atoms with Gasteiger partial charge in [0.25, 0.3) is 0 Å². The molecule has 1 aliphatic carbocycles. The summed E-state index contributed by atoms with van der Waals surface area (Å²) in [5, 5.41) is 17.7. The molecule has 3 heterocycles. The number of aliphatic carboxylic acids is 1. The van der Waals surface area contributed by atoms with Gasteiger partial charge in [-0.25, -0.2) is 9.59 Å². The summed E-state index contributed by atoms with van der Waals surface area (Å²) in [5.74, 6) is -2.40. The van der Waals surface area contributed by atoms with Crippen molar-refractivity contribution >= 4 is 18.1 Å². The van der Waals surface area contributed by atoms with Crippen molar-refractivity contribution in [2.24, 2.45) is 5.41 Å². The molecule has 3 fully saturated rings. The van der Waals surface area contributed by atoms with Gasteiger partial charge in [0.15, 0.2) is 5.76 Å². The number of halogens is 2. The Morgan fingerprint density at radius 3 is 2.66 bits per heavy atom. The molecule has 1 N–H and O–H groups in total. The molecule has 2 saturated heterocycles. The van der Waals surface area contributed by atoms with E-state index in [0.717, 1.165) is 0 Å². The molecule has 1 aromatic rings. The number of amides is 3. The fourth-order valence-corrected chi connectivity index (χ4v) is 4.20. The number of alkyl carbamates (subject to hydrolysis) is 1. The summed E-state index contributed by atoms with van der Waals surface area (Å²) in [7, 11) is 0. The van der Waals surface area contributed by atoms with E-state index in [0.29, 0.717) is 35.8 Å². The lowest BCUT2D eigenvalue weighted by Crippen LogP contribution is -2.51. The summed E-state index contributed by atoms with van der Waals surface area (Å²) in [6, 6.07) is -0.561. The van der Waals surface area contributed by atoms with Gasteiger partial charge in [-0.1, -0.05) is 5.16 Å². The second-order valence-corrected chi connectivity index (χ2v) is 9.33. The highest BCUT2D eigenvalue weighted by Crippen LogP contribution is 2.62. The van der Waals surface area contributed by atoms with Gasteiger partial charge in [-0.2, -0.15) is 18.7 Å². The number of hydroxylamine groups is 2. The maximum absolute atomic E-state index is 13.6. The molecule has 13 heteroatoms. The Morgan fingerprint density at radius 1 is 1.38 bits per heavy atom. The first-order valence-electron chi connectivity index (χ1n) is 10.1. The third-order valence-electron chi connectivity index (χ3n) is 5.84. The number of rotatable bonds is 6. The Hall–Kier alpha value is -2.96. The molecule has 0 aromatic carbocycles. The number of hydrogen-bond acceptors (Lipinski definition) is 8. The number of urea groups is 1.